The van der Waals surface area contributed by atoms with E-state index in [9.17, 15) is 8.42 Å². The van der Waals surface area contributed by atoms with Gasteiger partial charge >= 0.3 is 0 Å². The minimum atomic E-state index is -3.42. The molecular weight excluding hydrogens is 244 g/mol. The van der Waals surface area contributed by atoms with Crippen molar-refractivity contribution in [2.75, 3.05) is 18.6 Å². The molecule has 0 heterocycles. The highest BCUT2D eigenvalue weighted by molar-refractivity contribution is 7.98. The Kier molecular flexibility index (Phi) is 8.71. The summed E-state index contributed by atoms with van der Waals surface area (Å²) >= 11 is 1.83. The van der Waals surface area contributed by atoms with Gasteiger partial charge in [-0.2, -0.15) is 17.0 Å². The molecule has 4 nitrogen and oxygen atoms in total. The SMILES string of the molecule is CSCCCCCCNS(=O)(=O)C(C)C#N. The van der Waals surface area contributed by atoms with E-state index in [-0.39, 0.29) is 0 Å². The first kappa shape index (κ1) is 15.8. The second-order valence-corrected chi connectivity index (χ2v) is 6.69. The molecule has 0 radical (unpaired) electrons. The van der Waals surface area contributed by atoms with E-state index in [1.54, 1.807) is 6.07 Å². The lowest BCUT2D eigenvalue weighted by molar-refractivity contribution is 0.570. The second-order valence-electron chi connectivity index (χ2n) is 3.62. The Morgan fingerprint density at radius 3 is 2.50 bits per heavy atom. The van der Waals surface area contributed by atoms with Gasteiger partial charge in [0.1, 0.15) is 0 Å². The molecule has 0 aromatic rings. The molecule has 0 bridgehead atoms. The van der Waals surface area contributed by atoms with Crippen molar-refractivity contribution >= 4 is 21.8 Å². The van der Waals surface area contributed by atoms with E-state index in [2.05, 4.69) is 11.0 Å². The fourth-order valence-electron chi connectivity index (χ4n) is 1.13. The zero-order chi connectivity index (χ0) is 12.4. The summed E-state index contributed by atoms with van der Waals surface area (Å²) in [5, 5.41) is 7.53. The maximum Gasteiger partial charge on any atom is 0.227 e. The summed E-state index contributed by atoms with van der Waals surface area (Å²) in [4.78, 5) is 0. The normalized spacial score (nSPS) is 13.3. The van der Waals surface area contributed by atoms with Crippen molar-refractivity contribution < 1.29 is 8.42 Å². The van der Waals surface area contributed by atoms with Crippen LogP contribution in [0.2, 0.25) is 0 Å². The summed E-state index contributed by atoms with van der Waals surface area (Å²) in [7, 11) is -3.42. The molecule has 1 unspecified atom stereocenters. The van der Waals surface area contributed by atoms with Crippen LogP contribution in [-0.2, 0) is 10.0 Å². The van der Waals surface area contributed by atoms with E-state index in [0.29, 0.717) is 6.54 Å². The van der Waals surface area contributed by atoms with Crippen molar-refractivity contribution in [1.82, 2.24) is 4.72 Å². The van der Waals surface area contributed by atoms with Gasteiger partial charge in [0, 0.05) is 6.54 Å². The van der Waals surface area contributed by atoms with Crippen LogP contribution in [0.15, 0.2) is 0 Å². The molecule has 0 aliphatic heterocycles. The Morgan fingerprint density at radius 2 is 1.94 bits per heavy atom. The highest BCUT2D eigenvalue weighted by Crippen LogP contribution is 2.04. The molecule has 0 aromatic heterocycles. The molecule has 0 aliphatic rings. The van der Waals surface area contributed by atoms with Crippen molar-refractivity contribution in [2.24, 2.45) is 0 Å². The third-order valence-electron chi connectivity index (χ3n) is 2.23. The standard InChI is InChI=1S/C10H20N2O2S2/c1-10(9-11)16(13,14)12-7-5-3-4-6-8-15-2/h10,12H,3-8H2,1-2H3. The average molecular weight is 264 g/mol. The number of rotatable bonds is 9. The van der Waals surface area contributed by atoms with Gasteiger partial charge in [0.15, 0.2) is 5.25 Å². The monoisotopic (exact) mass is 264 g/mol. The fourth-order valence-corrected chi connectivity index (χ4v) is 2.44. The van der Waals surface area contributed by atoms with Gasteiger partial charge in [0.25, 0.3) is 0 Å². The molecule has 6 heteroatoms. The lowest BCUT2D eigenvalue weighted by Crippen LogP contribution is -2.32. The number of hydrogen-bond donors (Lipinski definition) is 1. The molecule has 0 saturated carbocycles. The Labute approximate surface area is 103 Å². The zero-order valence-corrected chi connectivity index (χ0v) is 11.5. The van der Waals surface area contributed by atoms with Crippen molar-refractivity contribution in [3.63, 3.8) is 0 Å². The summed E-state index contributed by atoms with van der Waals surface area (Å²) in [5.41, 5.74) is 0. The Balaban J connectivity index is 3.56. The third kappa shape index (κ3) is 7.09. The Morgan fingerprint density at radius 1 is 1.31 bits per heavy atom. The average Bonchev–Trinajstić information content (AvgIpc) is 2.26. The maximum absolute atomic E-state index is 11.4. The van der Waals surface area contributed by atoms with Crippen LogP contribution in [0.1, 0.15) is 32.6 Å². The van der Waals surface area contributed by atoms with Gasteiger partial charge in [-0.25, -0.2) is 13.1 Å². The highest BCUT2D eigenvalue weighted by Gasteiger charge is 2.18. The predicted octanol–water partition coefficient (Wildman–Crippen LogP) is 1.74. The highest BCUT2D eigenvalue weighted by atomic mass is 32.2. The lowest BCUT2D eigenvalue weighted by Gasteiger charge is -2.07. The van der Waals surface area contributed by atoms with Crippen molar-refractivity contribution in [3.05, 3.63) is 0 Å². The molecule has 0 aliphatic carbocycles. The number of unbranched alkanes of at least 4 members (excludes halogenated alkanes) is 3. The molecule has 0 spiro atoms. The van der Waals surface area contributed by atoms with Crippen LogP contribution in [0.25, 0.3) is 0 Å². The maximum atomic E-state index is 11.4. The molecule has 94 valence electrons. The zero-order valence-electron chi connectivity index (χ0n) is 9.90. The van der Waals surface area contributed by atoms with Crippen LogP contribution < -0.4 is 4.72 Å². The van der Waals surface area contributed by atoms with Gasteiger partial charge in [-0.15, -0.1) is 0 Å². The van der Waals surface area contributed by atoms with Crippen LogP contribution in [0.4, 0.5) is 0 Å². The van der Waals surface area contributed by atoms with Crippen LogP contribution in [0, 0.1) is 11.3 Å². The van der Waals surface area contributed by atoms with E-state index in [4.69, 9.17) is 5.26 Å². The summed E-state index contributed by atoms with van der Waals surface area (Å²) in [6, 6.07) is 1.72. The number of nitrogens with zero attached hydrogens (tertiary/aromatic N) is 1. The van der Waals surface area contributed by atoms with Gasteiger partial charge in [-0.1, -0.05) is 12.8 Å². The van der Waals surface area contributed by atoms with Crippen LogP contribution in [0.5, 0.6) is 0 Å². The number of sulfonamides is 1. The summed E-state index contributed by atoms with van der Waals surface area (Å²) < 4.78 is 25.2. The Hall–Kier alpha value is -0.250. The Bertz CT molecular complexity index is 309. The molecule has 0 fully saturated rings. The van der Waals surface area contributed by atoms with Crippen molar-refractivity contribution in [1.29, 1.82) is 5.26 Å². The predicted molar refractivity (Wildman–Crippen MR) is 68.8 cm³/mol. The molecule has 0 aromatic carbocycles. The summed E-state index contributed by atoms with van der Waals surface area (Å²) in [6.07, 6.45) is 6.27. The van der Waals surface area contributed by atoms with Crippen molar-refractivity contribution in [3.8, 4) is 6.07 Å². The van der Waals surface area contributed by atoms with Gasteiger partial charge in [-0.3, -0.25) is 0 Å². The molecule has 0 saturated heterocycles. The molecule has 0 rings (SSSR count). The van der Waals surface area contributed by atoms with Crippen LogP contribution in [0.3, 0.4) is 0 Å². The van der Waals surface area contributed by atoms with E-state index in [1.165, 1.54) is 13.3 Å². The number of nitriles is 1. The number of thioether (sulfide) groups is 1. The van der Waals surface area contributed by atoms with Crippen LogP contribution >= 0.6 is 11.8 Å². The van der Waals surface area contributed by atoms with Gasteiger partial charge in [0.2, 0.25) is 10.0 Å². The number of nitrogens with one attached hydrogen (secondary N) is 1. The first-order chi connectivity index (χ1) is 7.54. The van der Waals surface area contributed by atoms with Gasteiger partial charge < -0.3 is 0 Å². The van der Waals surface area contributed by atoms with Crippen LogP contribution in [-0.4, -0.2) is 32.2 Å². The molecule has 1 atom stereocenters. The minimum Gasteiger partial charge on any atom is -0.214 e. The second kappa shape index (κ2) is 8.85. The van der Waals surface area contributed by atoms with E-state index < -0.39 is 15.3 Å². The summed E-state index contributed by atoms with van der Waals surface area (Å²) in [5.74, 6) is 1.16. The first-order valence-corrected chi connectivity index (χ1v) is 8.35. The number of hydrogen-bond acceptors (Lipinski definition) is 4. The van der Waals surface area contributed by atoms with Crippen molar-refractivity contribution in [2.45, 2.75) is 37.9 Å². The molecule has 0 amide bonds. The quantitative estimate of drug-likeness (QED) is 0.644. The molecular formula is C10H20N2O2S2. The van der Waals surface area contributed by atoms with E-state index >= 15 is 0 Å². The third-order valence-corrected chi connectivity index (χ3v) is 4.57. The van der Waals surface area contributed by atoms with Gasteiger partial charge in [0.05, 0.1) is 6.07 Å². The lowest BCUT2D eigenvalue weighted by atomic mass is 10.2. The molecule has 16 heavy (non-hydrogen) atoms. The largest absolute Gasteiger partial charge is 0.227 e. The van der Waals surface area contributed by atoms with E-state index in [0.717, 1.165) is 25.0 Å². The summed E-state index contributed by atoms with van der Waals surface area (Å²) in [6.45, 7) is 1.83. The smallest absolute Gasteiger partial charge is 0.214 e. The first-order valence-electron chi connectivity index (χ1n) is 5.41. The molecule has 1 N–H and O–H groups in total. The minimum absolute atomic E-state index is 0.438. The fraction of sp³-hybridized carbons (Fsp3) is 0.900. The van der Waals surface area contributed by atoms with Gasteiger partial charge in [-0.05, 0) is 31.8 Å². The van der Waals surface area contributed by atoms with E-state index in [1.807, 2.05) is 11.8 Å². The topological polar surface area (TPSA) is 70.0 Å².